The molecule has 0 radical (unpaired) electrons. The number of hydrogen-bond acceptors (Lipinski definition) is 17. The van der Waals surface area contributed by atoms with Crippen molar-refractivity contribution in [1.29, 1.82) is 0 Å². The van der Waals surface area contributed by atoms with E-state index in [-0.39, 0.29) is 64.4 Å². The van der Waals surface area contributed by atoms with Crippen molar-refractivity contribution < 1.29 is 56.6 Å². The highest BCUT2D eigenvalue weighted by molar-refractivity contribution is 5.94. The van der Waals surface area contributed by atoms with Gasteiger partial charge in [0.25, 0.3) is 0 Å². The maximum atomic E-state index is 13.1. The highest BCUT2D eigenvalue weighted by Crippen LogP contribution is 2.41. The number of nitrogens with two attached hydrogens (primary N) is 6. The summed E-state index contributed by atoms with van der Waals surface area (Å²) in [6.45, 7) is 7.95. The number of rotatable bonds is 12. The number of aryl methyl sites for hydroxylation is 4. The number of benzene rings is 8. The number of phenolic OH excluding ortho intramolecular Hbond substituents is 1. The van der Waals surface area contributed by atoms with E-state index in [0.29, 0.717) is 87.5 Å². The van der Waals surface area contributed by atoms with Crippen LogP contribution < -0.4 is 45.0 Å². The maximum absolute atomic E-state index is 13.1. The van der Waals surface area contributed by atoms with Gasteiger partial charge in [-0.1, -0.05) is 238 Å². The van der Waals surface area contributed by atoms with Gasteiger partial charge in [0.15, 0.2) is 46.3 Å². The quantitative estimate of drug-likeness (QED) is 0.0549. The SMILES string of the molecule is CN[C@]1(c2ccc(C)cc2)CCCCC1=O.Cc1ccc([C@@]2(N)CCCCC2=O)cc1.Cc1cccc([C@@]2(N)CCCCC2=O)c1.Cc1ccccc1[C@@]1(N)CCCCC1=O.N[C@]1(c2ccc(F)cc2)CCCCC1=O.N[C@]1(c2cccc(F)c2)CCCCC1=O.N[C@]1(c2ccccc2O)CCCCC1=O.O=C1CCCC[C@]1(NCCF)c1ccccc1. The summed E-state index contributed by atoms with van der Waals surface area (Å²) in [5.74, 6) is 0.736. The summed E-state index contributed by atoms with van der Waals surface area (Å²) in [5, 5.41) is 16.1. The number of Topliss-reactive ketones (excluding diaryl/α,β-unsaturated/α-hetero) is 8. The maximum Gasteiger partial charge on any atom is 0.157 e. The number of para-hydroxylation sites is 1. The lowest BCUT2D eigenvalue weighted by Crippen LogP contribution is -2.51. The Kier molecular flexibility index (Phi) is 35.4. The lowest BCUT2D eigenvalue weighted by molar-refractivity contribution is -0.128. The van der Waals surface area contributed by atoms with Crippen molar-refractivity contribution in [2.24, 2.45) is 34.4 Å². The molecule has 16 rings (SSSR count). The molecule has 8 aromatic carbocycles. The number of nitrogens with one attached hydrogen (secondary N) is 2. The monoisotopic (exact) mass is 1680 g/mol. The molecule has 0 amide bonds. The Morgan fingerprint density at radius 3 is 1.02 bits per heavy atom. The van der Waals surface area contributed by atoms with Crippen LogP contribution in [0.2, 0.25) is 0 Å². The predicted octanol–water partition coefficient (Wildman–Crippen LogP) is 17.9. The minimum absolute atomic E-state index is 0.0272. The fourth-order valence-electron chi connectivity index (χ4n) is 18.5. The second-order valence-corrected chi connectivity index (χ2v) is 34.9. The van der Waals surface area contributed by atoms with Gasteiger partial charge < -0.3 is 44.8 Å². The second kappa shape index (κ2) is 44.8. The molecule has 8 aliphatic carbocycles. The van der Waals surface area contributed by atoms with Gasteiger partial charge in [0.05, 0.1) is 0 Å². The predicted molar refractivity (Wildman–Crippen MR) is 481 cm³/mol. The lowest BCUT2D eigenvalue weighted by Gasteiger charge is -2.37. The fourth-order valence-corrected chi connectivity index (χ4v) is 18.5. The molecule has 8 atom stereocenters. The summed E-state index contributed by atoms with van der Waals surface area (Å²) < 4.78 is 38.2. The molecule has 0 saturated heterocycles. The van der Waals surface area contributed by atoms with Gasteiger partial charge in [0.1, 0.15) is 68.4 Å². The minimum atomic E-state index is -0.969. The first-order valence-corrected chi connectivity index (χ1v) is 44.4. The van der Waals surface area contributed by atoms with Crippen LogP contribution in [0.1, 0.15) is 272 Å². The summed E-state index contributed by atoms with van der Waals surface area (Å²) in [5.41, 5.74) is 42.7. The van der Waals surface area contributed by atoms with E-state index in [1.54, 1.807) is 48.5 Å². The van der Waals surface area contributed by atoms with Crippen LogP contribution in [0.4, 0.5) is 13.2 Å². The first-order chi connectivity index (χ1) is 58.8. The first-order valence-electron chi connectivity index (χ1n) is 44.4. The van der Waals surface area contributed by atoms with E-state index in [4.69, 9.17) is 34.4 Å². The van der Waals surface area contributed by atoms with E-state index in [0.717, 1.165) is 179 Å². The smallest absolute Gasteiger partial charge is 0.157 e. The lowest BCUT2D eigenvalue weighted by atomic mass is 9.75. The molecule has 0 spiro atoms. The molecule has 123 heavy (non-hydrogen) atoms. The Balaban J connectivity index is 0.000000160. The Hall–Kier alpha value is -9.61. The standard InChI is InChI=1S/C14H18FNO.C14H19NO.3C13H17NO.2C12H14FNO.C12H15NO2/c15-10-11-16-14(9-5-4-8-13(14)17)12-6-2-1-3-7-12;1-11-6-8-12(9-7-11)14(15-2)10-4-3-5-13(14)16;1-10-5-4-6-11(9-10)13(14)8-3-2-7-12(13)15;1-10-6-2-3-7-11(10)13(14)9-5-4-8-12(13)15;1-10-5-7-11(8-6-10)13(14)9-3-2-4-12(13)15;13-10-5-3-4-9(8-10)12(14)7-2-1-6-11(12)15;13-10-6-4-9(5-7-10)12(14)8-2-1-3-11(12)15;13-12(8-4-3-7-11(12)15)9-5-1-2-6-10(9)14/h1-3,6-7,16H,4-5,8-11H2;6-9,15H,3-5,10H2,1-2H3;4-6,9H,2-3,7-8,14H2,1H3;2-3,6-7H,4-5,8-9,14H2,1H3;5-8H,2-4,9,14H2,1H3;3-5,8H,1-2,6-7,14H2;4-7H,1-3,8,14H2;1-2,5-6,14H,3-4,7-8,13H2/t2*14-;3*13-;3*12-/m00000000/s1. The number of carbonyl (C=O) groups is 8. The third-order valence-corrected chi connectivity index (χ3v) is 26.3. The van der Waals surface area contributed by atoms with Gasteiger partial charge in [0, 0.05) is 63.5 Å². The third kappa shape index (κ3) is 24.1. The molecule has 0 heterocycles. The topological polar surface area (TPSA) is 337 Å². The van der Waals surface area contributed by atoms with Crippen molar-refractivity contribution >= 4 is 46.3 Å². The highest BCUT2D eigenvalue weighted by Gasteiger charge is 2.45. The molecule has 20 heteroatoms. The molecule has 8 saturated carbocycles. The molecule has 0 aliphatic heterocycles. The minimum Gasteiger partial charge on any atom is -0.508 e. The molecule has 17 nitrogen and oxygen atoms in total. The summed E-state index contributed by atoms with van der Waals surface area (Å²) in [4.78, 5) is 95.5. The largest absolute Gasteiger partial charge is 0.508 e. The van der Waals surface area contributed by atoms with Crippen LogP contribution in [0.25, 0.3) is 0 Å². The average Bonchev–Trinajstić information content (AvgIpc) is 0.789. The molecule has 8 fully saturated rings. The van der Waals surface area contributed by atoms with Crippen LogP contribution in [0.3, 0.4) is 0 Å². The molecule has 0 unspecified atom stereocenters. The van der Waals surface area contributed by atoms with Gasteiger partial charge >= 0.3 is 0 Å². The van der Waals surface area contributed by atoms with Gasteiger partial charge in [-0.3, -0.25) is 43.7 Å². The zero-order chi connectivity index (χ0) is 89.1. The van der Waals surface area contributed by atoms with Crippen LogP contribution in [0, 0.1) is 39.3 Å². The van der Waals surface area contributed by atoms with E-state index in [1.165, 1.54) is 35.4 Å². The number of halogens is 3. The Bertz CT molecular complexity index is 4650. The van der Waals surface area contributed by atoms with Crippen LogP contribution in [-0.2, 0) is 82.7 Å². The molecule has 0 bridgehead atoms. The van der Waals surface area contributed by atoms with Crippen molar-refractivity contribution in [3.05, 3.63) is 279 Å². The number of carbonyl (C=O) groups excluding carboxylic acids is 8. The fraction of sp³-hybridized carbons (Fsp3) is 0.456. The van der Waals surface area contributed by atoms with Crippen molar-refractivity contribution in [3.63, 3.8) is 0 Å². The summed E-state index contributed by atoms with van der Waals surface area (Å²) in [7, 11) is 1.89. The van der Waals surface area contributed by atoms with Crippen molar-refractivity contribution in [3.8, 4) is 5.75 Å². The highest BCUT2D eigenvalue weighted by atomic mass is 19.1. The van der Waals surface area contributed by atoms with Crippen LogP contribution in [0.5, 0.6) is 5.75 Å². The zero-order valence-electron chi connectivity index (χ0n) is 72.9. The van der Waals surface area contributed by atoms with Gasteiger partial charge in [-0.2, -0.15) is 0 Å². The third-order valence-electron chi connectivity index (χ3n) is 26.3. The molecule has 658 valence electrons. The van der Waals surface area contributed by atoms with E-state index in [1.807, 2.05) is 131 Å². The van der Waals surface area contributed by atoms with Gasteiger partial charge in [0.2, 0.25) is 0 Å². The van der Waals surface area contributed by atoms with Crippen molar-refractivity contribution in [2.75, 3.05) is 20.3 Å². The molecule has 15 N–H and O–H groups in total. The van der Waals surface area contributed by atoms with Gasteiger partial charge in [-0.15, -0.1) is 0 Å². The van der Waals surface area contributed by atoms with E-state index in [2.05, 4.69) is 41.8 Å². The molecular weight excluding hydrogens is 1550 g/mol. The Morgan fingerprint density at radius 2 is 0.626 bits per heavy atom. The van der Waals surface area contributed by atoms with E-state index >= 15 is 0 Å². The molecular formula is C103H131F3N8O9. The van der Waals surface area contributed by atoms with Crippen molar-refractivity contribution in [1.82, 2.24) is 10.6 Å². The van der Waals surface area contributed by atoms with E-state index < -0.39 is 51.0 Å². The molecule has 0 aromatic heterocycles. The van der Waals surface area contributed by atoms with Crippen LogP contribution >= 0.6 is 0 Å². The van der Waals surface area contributed by atoms with E-state index in [9.17, 15) is 56.6 Å². The summed E-state index contributed by atoms with van der Waals surface area (Å²) in [6.07, 6.45) is 26.5. The normalized spacial score (nSPS) is 26.3. The number of ketones is 8. The summed E-state index contributed by atoms with van der Waals surface area (Å²) in [6, 6.07) is 60.8. The second-order valence-electron chi connectivity index (χ2n) is 34.9. The van der Waals surface area contributed by atoms with Gasteiger partial charge in [-0.05, 0) is 212 Å². The Labute approximate surface area is 726 Å². The summed E-state index contributed by atoms with van der Waals surface area (Å²) >= 11 is 0. The molecule has 8 aromatic rings. The molecule has 8 aliphatic rings. The van der Waals surface area contributed by atoms with Crippen LogP contribution in [0.15, 0.2) is 200 Å². The Morgan fingerprint density at radius 1 is 0.301 bits per heavy atom. The van der Waals surface area contributed by atoms with Gasteiger partial charge in [-0.25, -0.2) is 13.2 Å². The first kappa shape index (κ1) is 97.2. The number of alkyl halides is 1. The number of hydrogen-bond donors (Lipinski definition) is 9. The average molecular weight is 1680 g/mol. The number of aromatic hydroxyl groups is 1. The zero-order valence-corrected chi connectivity index (χ0v) is 72.9. The van der Waals surface area contributed by atoms with Crippen LogP contribution in [-0.4, -0.2) is 71.6 Å². The number of phenols is 1. The van der Waals surface area contributed by atoms with Crippen molar-refractivity contribution in [2.45, 2.75) is 277 Å². The number of likely N-dealkylation sites (N-methyl/N-ethyl adjacent to an activating group) is 1.